The number of hydrogen-bond acceptors (Lipinski definition) is 7. The van der Waals surface area contributed by atoms with Crippen LogP contribution < -0.4 is 35.1 Å². The van der Waals surface area contributed by atoms with Gasteiger partial charge in [0.1, 0.15) is 0 Å². The number of para-hydroxylation sites is 2. The van der Waals surface area contributed by atoms with Crippen molar-refractivity contribution in [3.63, 3.8) is 0 Å². The molecule has 0 heterocycles. The van der Waals surface area contributed by atoms with Gasteiger partial charge in [-0.2, -0.15) is 0 Å². The molecule has 2 aromatic carbocycles. The van der Waals surface area contributed by atoms with E-state index in [2.05, 4.69) is 16.2 Å². The minimum absolute atomic E-state index is 0.0763. The first kappa shape index (κ1) is 23.5. The topological polar surface area (TPSA) is 107 Å². The summed E-state index contributed by atoms with van der Waals surface area (Å²) < 4.78 is 20.9. The van der Waals surface area contributed by atoms with Gasteiger partial charge in [0.25, 0.3) is 5.91 Å². The number of hydrazine groups is 1. The second kappa shape index (κ2) is 12.0. The molecule has 2 rings (SSSR count). The molecule has 0 aliphatic rings. The molecule has 164 valence electrons. The van der Waals surface area contributed by atoms with Gasteiger partial charge in [0.05, 0.1) is 21.3 Å². The van der Waals surface area contributed by atoms with E-state index in [0.29, 0.717) is 23.0 Å². The van der Waals surface area contributed by atoms with E-state index < -0.39 is 11.8 Å². The number of thiocarbonyl (C=S) groups is 1. The Hall–Kier alpha value is -3.79. The lowest BCUT2D eigenvalue weighted by molar-refractivity contribution is -0.123. The molecule has 0 bridgehead atoms. The molecule has 0 spiro atoms. The monoisotopic (exact) mass is 445 g/mol. The van der Waals surface area contributed by atoms with Crippen LogP contribution in [0.15, 0.2) is 48.5 Å². The molecular weight excluding hydrogens is 422 g/mol. The Bertz CT molecular complexity index is 964. The van der Waals surface area contributed by atoms with E-state index >= 15 is 0 Å². The minimum Gasteiger partial charge on any atom is -0.493 e. The Kier molecular flexibility index (Phi) is 9.12. The second-order valence-corrected chi connectivity index (χ2v) is 6.29. The molecule has 0 fully saturated rings. The molecule has 0 radical (unpaired) electrons. The molecule has 2 amide bonds. The summed E-state index contributed by atoms with van der Waals surface area (Å²) in [6.45, 7) is -0.275. The molecule has 10 heteroatoms. The third kappa shape index (κ3) is 7.52. The number of nitrogens with one attached hydrogen (secondary N) is 3. The zero-order chi connectivity index (χ0) is 22.6. The highest BCUT2D eigenvalue weighted by atomic mass is 32.1. The molecule has 0 aliphatic carbocycles. The molecule has 0 saturated carbocycles. The Morgan fingerprint density at radius 2 is 1.55 bits per heavy atom. The van der Waals surface area contributed by atoms with Gasteiger partial charge in [-0.25, -0.2) is 0 Å². The summed E-state index contributed by atoms with van der Waals surface area (Å²) in [5.41, 5.74) is 5.49. The van der Waals surface area contributed by atoms with Gasteiger partial charge < -0.3 is 18.9 Å². The third-order valence-electron chi connectivity index (χ3n) is 3.81. The average molecular weight is 445 g/mol. The third-order valence-corrected chi connectivity index (χ3v) is 4.02. The number of ether oxygens (including phenoxy) is 4. The van der Waals surface area contributed by atoms with Crippen LogP contribution in [0.1, 0.15) is 5.56 Å². The van der Waals surface area contributed by atoms with Crippen molar-refractivity contribution in [2.75, 3.05) is 27.9 Å². The summed E-state index contributed by atoms with van der Waals surface area (Å²) in [6.07, 6.45) is 2.88. The second-order valence-electron chi connectivity index (χ2n) is 5.88. The summed E-state index contributed by atoms with van der Waals surface area (Å²) in [5, 5.41) is 2.34. The lowest BCUT2D eigenvalue weighted by atomic mass is 10.2. The van der Waals surface area contributed by atoms with Crippen LogP contribution in [-0.2, 0) is 9.59 Å². The van der Waals surface area contributed by atoms with Crippen LogP contribution in [0.3, 0.4) is 0 Å². The van der Waals surface area contributed by atoms with E-state index in [4.69, 9.17) is 31.2 Å². The highest BCUT2D eigenvalue weighted by molar-refractivity contribution is 7.80. The zero-order valence-electron chi connectivity index (χ0n) is 17.3. The Labute approximate surface area is 185 Å². The largest absolute Gasteiger partial charge is 0.493 e. The van der Waals surface area contributed by atoms with Gasteiger partial charge in [-0.05, 0) is 48.1 Å². The molecule has 0 atom stereocenters. The predicted molar refractivity (Wildman–Crippen MR) is 119 cm³/mol. The number of carbonyl (C=O) groups is 2. The van der Waals surface area contributed by atoms with Crippen molar-refractivity contribution >= 4 is 35.2 Å². The number of benzene rings is 2. The van der Waals surface area contributed by atoms with Crippen molar-refractivity contribution < 1.29 is 28.5 Å². The number of carbonyl (C=O) groups excluding carboxylic acids is 2. The first-order valence-electron chi connectivity index (χ1n) is 9.02. The zero-order valence-corrected chi connectivity index (χ0v) is 18.1. The van der Waals surface area contributed by atoms with Gasteiger partial charge in [0, 0.05) is 6.08 Å². The fourth-order valence-corrected chi connectivity index (χ4v) is 2.51. The summed E-state index contributed by atoms with van der Waals surface area (Å²) in [5.74, 6) is 1.08. The fraction of sp³-hybridized carbons (Fsp3) is 0.190. The molecule has 0 aliphatic heterocycles. The first-order valence-corrected chi connectivity index (χ1v) is 9.43. The van der Waals surface area contributed by atoms with E-state index in [1.807, 2.05) is 0 Å². The number of methoxy groups -OCH3 is 3. The standard InChI is InChI=1S/C21H23N3O6S/c1-27-15-6-4-5-7-17(15)30-13-20(26)23-24-21(31)22-19(25)11-9-14-8-10-16(28-2)18(12-14)29-3/h4-12H,13H2,1-3H3,(H,23,26)(H2,22,24,25,31). The van der Waals surface area contributed by atoms with E-state index in [9.17, 15) is 9.59 Å². The highest BCUT2D eigenvalue weighted by Gasteiger charge is 2.08. The predicted octanol–water partition coefficient (Wildman–Crippen LogP) is 1.83. The van der Waals surface area contributed by atoms with Crippen LogP contribution in [0.5, 0.6) is 23.0 Å². The maximum atomic E-state index is 12.0. The van der Waals surface area contributed by atoms with Crippen molar-refractivity contribution in [3.05, 3.63) is 54.1 Å². The molecule has 9 nitrogen and oxygen atoms in total. The maximum absolute atomic E-state index is 12.0. The summed E-state index contributed by atoms with van der Waals surface area (Å²) in [7, 11) is 4.57. The molecule has 0 unspecified atom stereocenters. The SMILES string of the molecule is COc1ccc(C=CC(=O)NC(=S)NNC(=O)COc2ccccc2OC)cc1OC. The van der Waals surface area contributed by atoms with Crippen molar-refractivity contribution in [2.45, 2.75) is 0 Å². The molecule has 0 aromatic heterocycles. The lowest BCUT2D eigenvalue weighted by Gasteiger charge is -2.12. The molecule has 0 saturated heterocycles. The molecule has 3 N–H and O–H groups in total. The van der Waals surface area contributed by atoms with Gasteiger partial charge in [-0.3, -0.25) is 25.8 Å². The number of hydrogen-bond donors (Lipinski definition) is 3. The van der Waals surface area contributed by atoms with Crippen LogP contribution in [-0.4, -0.2) is 44.9 Å². The number of amides is 2. The van der Waals surface area contributed by atoms with E-state index in [1.54, 1.807) is 48.5 Å². The van der Waals surface area contributed by atoms with E-state index in [1.165, 1.54) is 27.4 Å². The maximum Gasteiger partial charge on any atom is 0.276 e. The highest BCUT2D eigenvalue weighted by Crippen LogP contribution is 2.28. The van der Waals surface area contributed by atoms with Crippen LogP contribution in [0.2, 0.25) is 0 Å². The normalized spacial score (nSPS) is 10.2. The van der Waals surface area contributed by atoms with Gasteiger partial charge >= 0.3 is 0 Å². The van der Waals surface area contributed by atoms with E-state index in [0.717, 1.165) is 5.56 Å². The van der Waals surface area contributed by atoms with Crippen molar-refractivity contribution in [1.82, 2.24) is 16.2 Å². The van der Waals surface area contributed by atoms with Crippen LogP contribution in [0, 0.1) is 0 Å². The lowest BCUT2D eigenvalue weighted by Crippen LogP contribution is -2.49. The Morgan fingerprint density at radius 1 is 0.903 bits per heavy atom. The molecule has 2 aromatic rings. The smallest absolute Gasteiger partial charge is 0.276 e. The Morgan fingerprint density at radius 3 is 2.23 bits per heavy atom. The van der Waals surface area contributed by atoms with Gasteiger partial charge in [-0.15, -0.1) is 0 Å². The van der Waals surface area contributed by atoms with Gasteiger partial charge in [-0.1, -0.05) is 18.2 Å². The fourth-order valence-electron chi connectivity index (χ4n) is 2.36. The van der Waals surface area contributed by atoms with Gasteiger partial charge in [0.2, 0.25) is 5.91 Å². The van der Waals surface area contributed by atoms with Crippen molar-refractivity contribution in [3.8, 4) is 23.0 Å². The quantitative estimate of drug-likeness (QED) is 0.321. The van der Waals surface area contributed by atoms with Crippen LogP contribution in [0.25, 0.3) is 6.08 Å². The average Bonchev–Trinajstić information content (AvgIpc) is 2.79. The summed E-state index contributed by atoms with van der Waals surface area (Å²) >= 11 is 4.98. The Balaban J connectivity index is 1.77. The first-order chi connectivity index (χ1) is 15.0. The van der Waals surface area contributed by atoms with Gasteiger partial charge in [0.15, 0.2) is 34.7 Å². The molecular formula is C21H23N3O6S. The molecule has 31 heavy (non-hydrogen) atoms. The summed E-state index contributed by atoms with van der Waals surface area (Å²) in [6, 6.07) is 12.2. The van der Waals surface area contributed by atoms with Crippen LogP contribution in [0.4, 0.5) is 0 Å². The van der Waals surface area contributed by atoms with Crippen molar-refractivity contribution in [1.29, 1.82) is 0 Å². The van der Waals surface area contributed by atoms with Crippen LogP contribution >= 0.6 is 12.2 Å². The minimum atomic E-state index is -0.497. The van der Waals surface area contributed by atoms with E-state index in [-0.39, 0.29) is 11.7 Å². The summed E-state index contributed by atoms with van der Waals surface area (Å²) in [4.78, 5) is 23.9. The number of rotatable bonds is 8. The van der Waals surface area contributed by atoms with Crippen molar-refractivity contribution in [2.24, 2.45) is 0 Å².